The molecule has 0 amide bonds. The Balaban J connectivity index is 0.00000392. The second-order valence-corrected chi connectivity index (χ2v) is 8.44. The Morgan fingerprint density at radius 3 is 1.57 bits per heavy atom. The quantitative estimate of drug-likeness (QED) is 0.261. The summed E-state index contributed by atoms with van der Waals surface area (Å²) in [6, 6.07) is 10.9. The van der Waals surface area contributed by atoms with E-state index in [0.717, 1.165) is 0 Å². The molecule has 0 radical (unpaired) electrons. The molecule has 0 bridgehead atoms. The number of nitrogens with one attached hydrogen (secondary N) is 1. The first-order valence-electron chi connectivity index (χ1n) is 12.0. The predicted molar refractivity (Wildman–Crippen MR) is 128 cm³/mol. The van der Waals surface area contributed by atoms with Gasteiger partial charge in [-0.05, 0) is 30.4 Å². The Kier molecular flexibility index (Phi) is 14.8. The lowest BCUT2D eigenvalue weighted by molar-refractivity contribution is 0.529. The number of aromatic nitrogens is 1. The molecule has 1 heteroatoms. The van der Waals surface area contributed by atoms with Crippen molar-refractivity contribution in [2.45, 2.75) is 124 Å². The minimum Gasteiger partial charge on any atom is -0.358 e. The van der Waals surface area contributed by atoms with E-state index in [1.165, 1.54) is 126 Å². The summed E-state index contributed by atoms with van der Waals surface area (Å²) in [5, 5.41) is 1.35. The summed E-state index contributed by atoms with van der Waals surface area (Å²) < 4.78 is 0. The van der Waals surface area contributed by atoms with Crippen LogP contribution in [0.3, 0.4) is 0 Å². The highest BCUT2D eigenvalue weighted by Gasteiger charge is 2.00. The van der Waals surface area contributed by atoms with E-state index in [9.17, 15) is 0 Å². The van der Waals surface area contributed by atoms with Gasteiger partial charge in [0.15, 0.2) is 0 Å². The molecule has 0 aliphatic rings. The van der Waals surface area contributed by atoms with Crippen molar-refractivity contribution in [1.82, 2.24) is 4.98 Å². The maximum atomic E-state index is 3.55. The van der Waals surface area contributed by atoms with E-state index >= 15 is 0 Å². The highest BCUT2D eigenvalue weighted by atomic mass is 14.7. The third kappa shape index (κ3) is 10.9. The van der Waals surface area contributed by atoms with Crippen LogP contribution >= 0.6 is 0 Å². The molecule has 0 fully saturated rings. The van der Waals surface area contributed by atoms with Crippen LogP contribution in [-0.4, -0.2) is 4.98 Å². The minimum absolute atomic E-state index is 0. The zero-order valence-electron chi connectivity index (χ0n) is 17.9. The van der Waals surface area contributed by atoms with Crippen LogP contribution in [0, 0.1) is 0 Å². The van der Waals surface area contributed by atoms with Crippen LogP contribution < -0.4 is 0 Å². The molecule has 2 aromatic rings. The topological polar surface area (TPSA) is 15.8 Å². The molecular formula is C27H47N. The molecular weight excluding hydrogens is 338 g/mol. The van der Waals surface area contributed by atoms with Gasteiger partial charge in [-0.2, -0.15) is 0 Å². The Labute approximate surface area is 175 Å². The second kappa shape index (κ2) is 16.7. The Bertz CT molecular complexity index is 550. The number of unbranched alkanes of at least 4 members (excludes halogenated alkanes) is 15. The summed E-state index contributed by atoms with van der Waals surface area (Å²) in [6.45, 7) is 2.30. The van der Waals surface area contributed by atoms with Crippen LogP contribution in [0.5, 0.6) is 0 Å². The number of benzene rings is 1. The van der Waals surface area contributed by atoms with Crippen LogP contribution in [0.2, 0.25) is 0 Å². The van der Waals surface area contributed by atoms with Gasteiger partial charge in [-0.3, -0.25) is 0 Å². The van der Waals surface area contributed by atoms with Crippen LogP contribution in [-0.2, 0) is 6.42 Å². The molecule has 2 rings (SSSR count). The van der Waals surface area contributed by atoms with Crippen molar-refractivity contribution in [3.63, 3.8) is 0 Å². The van der Waals surface area contributed by atoms with E-state index < -0.39 is 0 Å². The summed E-state index contributed by atoms with van der Waals surface area (Å²) in [4.78, 5) is 3.55. The smallest absolute Gasteiger partial charge is 0.0456 e. The van der Waals surface area contributed by atoms with Crippen molar-refractivity contribution in [3.8, 4) is 0 Å². The molecule has 0 saturated heterocycles. The summed E-state index contributed by atoms with van der Waals surface area (Å²) in [7, 11) is 0. The Morgan fingerprint density at radius 2 is 1.07 bits per heavy atom. The molecule has 1 heterocycles. The first-order valence-corrected chi connectivity index (χ1v) is 12.0. The lowest BCUT2D eigenvalue weighted by atomic mass is 10.0. The number of aromatic amines is 1. The number of H-pyrrole nitrogens is 1. The molecule has 0 aliphatic carbocycles. The summed E-state index contributed by atoms with van der Waals surface area (Å²) in [5.41, 5.74) is 2.69. The molecule has 0 spiro atoms. The maximum absolute atomic E-state index is 3.55. The van der Waals surface area contributed by atoms with Gasteiger partial charge in [-0.1, -0.05) is 129 Å². The molecule has 1 aromatic carbocycles. The third-order valence-electron chi connectivity index (χ3n) is 5.89. The predicted octanol–water partition coefficient (Wildman–Crippen LogP) is 9.61. The minimum atomic E-state index is 0. The monoisotopic (exact) mass is 385 g/mol. The van der Waals surface area contributed by atoms with E-state index in [-0.39, 0.29) is 7.43 Å². The average molecular weight is 386 g/mol. The van der Waals surface area contributed by atoms with Crippen molar-refractivity contribution in [3.05, 3.63) is 36.0 Å². The van der Waals surface area contributed by atoms with Gasteiger partial charge >= 0.3 is 0 Å². The number of rotatable bonds is 17. The Morgan fingerprint density at radius 1 is 0.607 bits per heavy atom. The second-order valence-electron chi connectivity index (χ2n) is 8.44. The highest BCUT2D eigenvalue weighted by molar-refractivity contribution is 5.80. The SMILES string of the molecule is C.CCCCCCCCCCCCCCCCCCc1cc2ccccc2[nH]1. The Hall–Kier alpha value is -1.24. The van der Waals surface area contributed by atoms with Crippen LogP contribution in [0.25, 0.3) is 10.9 Å². The van der Waals surface area contributed by atoms with Gasteiger partial charge in [0.05, 0.1) is 0 Å². The van der Waals surface area contributed by atoms with Crippen molar-refractivity contribution in [2.75, 3.05) is 0 Å². The van der Waals surface area contributed by atoms with E-state index in [1.54, 1.807) is 0 Å². The van der Waals surface area contributed by atoms with Gasteiger partial charge in [-0.15, -0.1) is 0 Å². The summed E-state index contributed by atoms with van der Waals surface area (Å²) in [6.07, 6.45) is 24.2. The number of fused-ring (bicyclic) bond motifs is 1. The van der Waals surface area contributed by atoms with Crippen molar-refractivity contribution in [2.24, 2.45) is 0 Å². The van der Waals surface area contributed by atoms with Gasteiger partial charge in [0.2, 0.25) is 0 Å². The van der Waals surface area contributed by atoms with E-state index in [2.05, 4.69) is 42.2 Å². The number of para-hydroxylation sites is 1. The summed E-state index contributed by atoms with van der Waals surface area (Å²) in [5.74, 6) is 0. The first kappa shape index (κ1) is 24.8. The van der Waals surface area contributed by atoms with E-state index in [4.69, 9.17) is 0 Å². The fraction of sp³-hybridized carbons (Fsp3) is 0.704. The third-order valence-corrected chi connectivity index (χ3v) is 5.89. The first-order chi connectivity index (χ1) is 13.4. The van der Waals surface area contributed by atoms with Crippen LogP contribution in [0.1, 0.15) is 123 Å². The molecule has 0 unspecified atom stereocenters. The van der Waals surface area contributed by atoms with E-state index in [1.807, 2.05) is 0 Å². The lowest BCUT2D eigenvalue weighted by Gasteiger charge is -2.03. The van der Waals surface area contributed by atoms with Crippen molar-refractivity contribution >= 4 is 10.9 Å². The van der Waals surface area contributed by atoms with Gasteiger partial charge < -0.3 is 4.98 Å². The normalized spacial score (nSPS) is 11.0. The molecule has 160 valence electrons. The van der Waals surface area contributed by atoms with Crippen LogP contribution in [0.4, 0.5) is 0 Å². The number of aryl methyl sites for hydroxylation is 1. The van der Waals surface area contributed by atoms with Gasteiger partial charge in [-0.25, -0.2) is 0 Å². The molecule has 28 heavy (non-hydrogen) atoms. The molecule has 0 saturated carbocycles. The van der Waals surface area contributed by atoms with Gasteiger partial charge in [0, 0.05) is 11.2 Å². The zero-order valence-corrected chi connectivity index (χ0v) is 17.9. The molecule has 1 aromatic heterocycles. The largest absolute Gasteiger partial charge is 0.358 e. The van der Waals surface area contributed by atoms with Gasteiger partial charge in [0.25, 0.3) is 0 Å². The molecule has 1 N–H and O–H groups in total. The fourth-order valence-corrected chi connectivity index (χ4v) is 4.13. The summed E-state index contributed by atoms with van der Waals surface area (Å²) >= 11 is 0. The van der Waals surface area contributed by atoms with Gasteiger partial charge in [0.1, 0.15) is 0 Å². The van der Waals surface area contributed by atoms with Crippen LogP contribution in [0.15, 0.2) is 30.3 Å². The molecule has 0 atom stereocenters. The standard InChI is InChI=1S/C26H43N.CH4/c1-2-3-4-5-6-7-8-9-10-11-12-13-14-15-16-17-21-25-23-24-20-18-19-22-26(24)27-25;/h18-20,22-23,27H,2-17,21H2,1H3;1H4. The number of hydrogen-bond donors (Lipinski definition) is 1. The highest BCUT2D eigenvalue weighted by Crippen LogP contribution is 2.17. The van der Waals surface area contributed by atoms with Crippen molar-refractivity contribution < 1.29 is 0 Å². The molecule has 1 nitrogen and oxygen atoms in total. The van der Waals surface area contributed by atoms with Crippen molar-refractivity contribution in [1.29, 1.82) is 0 Å². The number of hydrogen-bond acceptors (Lipinski definition) is 0. The zero-order chi connectivity index (χ0) is 19.0. The van der Waals surface area contributed by atoms with E-state index in [0.29, 0.717) is 0 Å². The molecule has 0 aliphatic heterocycles. The lowest BCUT2D eigenvalue weighted by Crippen LogP contribution is -1.86. The average Bonchev–Trinajstić information content (AvgIpc) is 3.10. The fourth-order valence-electron chi connectivity index (χ4n) is 4.13. The maximum Gasteiger partial charge on any atom is 0.0456 e.